The molecule has 0 fully saturated rings. The summed E-state index contributed by atoms with van der Waals surface area (Å²) < 4.78 is 2.10. The van der Waals surface area contributed by atoms with E-state index in [0.717, 1.165) is 12.5 Å². The Kier molecular flexibility index (Phi) is 4.82. The fourth-order valence-electron chi connectivity index (χ4n) is 1.80. The Hall–Kier alpha value is -0.830. The molecule has 1 aromatic heterocycles. The van der Waals surface area contributed by atoms with Crippen LogP contribution in [-0.2, 0) is 7.05 Å². The Morgan fingerprint density at radius 2 is 2.13 bits per heavy atom. The molecular weight excluding hydrogens is 186 g/mol. The van der Waals surface area contributed by atoms with Gasteiger partial charge in [0.15, 0.2) is 0 Å². The molecule has 0 aliphatic heterocycles. The van der Waals surface area contributed by atoms with Crippen LogP contribution in [0, 0.1) is 5.92 Å². The molecule has 0 spiro atoms. The standard InChI is InChI=1S/C12H23N3/c1-5-14-11(7-6-10(2)3)12-8-13-9-15(12)4/h8-11,14H,5-7H2,1-4H3. The van der Waals surface area contributed by atoms with Crippen LogP contribution in [0.25, 0.3) is 0 Å². The van der Waals surface area contributed by atoms with Gasteiger partial charge in [-0.15, -0.1) is 0 Å². The summed E-state index contributed by atoms with van der Waals surface area (Å²) in [5, 5.41) is 3.52. The number of rotatable bonds is 6. The molecule has 3 heteroatoms. The van der Waals surface area contributed by atoms with Gasteiger partial charge in [0.05, 0.1) is 12.0 Å². The monoisotopic (exact) mass is 209 g/mol. The van der Waals surface area contributed by atoms with Crippen molar-refractivity contribution in [2.24, 2.45) is 13.0 Å². The Balaban J connectivity index is 2.61. The van der Waals surface area contributed by atoms with Gasteiger partial charge in [0.2, 0.25) is 0 Å². The minimum atomic E-state index is 0.449. The van der Waals surface area contributed by atoms with Crippen molar-refractivity contribution in [1.82, 2.24) is 14.9 Å². The fraction of sp³-hybridized carbons (Fsp3) is 0.750. The van der Waals surface area contributed by atoms with E-state index in [1.807, 2.05) is 12.5 Å². The van der Waals surface area contributed by atoms with Crippen molar-refractivity contribution in [3.05, 3.63) is 18.2 Å². The average molecular weight is 209 g/mol. The first-order valence-electron chi connectivity index (χ1n) is 5.84. The van der Waals surface area contributed by atoms with Gasteiger partial charge in [-0.25, -0.2) is 4.98 Å². The van der Waals surface area contributed by atoms with E-state index < -0.39 is 0 Å². The predicted octanol–water partition coefficient (Wildman–Crippen LogP) is 2.51. The second-order valence-electron chi connectivity index (χ2n) is 4.51. The number of aryl methyl sites for hydroxylation is 1. The number of hydrogen-bond donors (Lipinski definition) is 1. The van der Waals surface area contributed by atoms with E-state index in [4.69, 9.17) is 0 Å². The minimum absolute atomic E-state index is 0.449. The van der Waals surface area contributed by atoms with E-state index in [1.54, 1.807) is 0 Å². The summed E-state index contributed by atoms with van der Waals surface area (Å²) in [7, 11) is 2.06. The summed E-state index contributed by atoms with van der Waals surface area (Å²) in [4.78, 5) is 4.17. The number of nitrogens with one attached hydrogen (secondary N) is 1. The van der Waals surface area contributed by atoms with E-state index >= 15 is 0 Å². The summed E-state index contributed by atoms with van der Waals surface area (Å²) in [6.45, 7) is 7.70. The fourth-order valence-corrected chi connectivity index (χ4v) is 1.80. The van der Waals surface area contributed by atoms with Crippen LogP contribution in [-0.4, -0.2) is 16.1 Å². The zero-order chi connectivity index (χ0) is 11.3. The lowest BCUT2D eigenvalue weighted by atomic mass is 10.0. The lowest BCUT2D eigenvalue weighted by Gasteiger charge is -2.19. The van der Waals surface area contributed by atoms with Crippen LogP contribution >= 0.6 is 0 Å². The summed E-state index contributed by atoms with van der Waals surface area (Å²) in [5.74, 6) is 0.763. The van der Waals surface area contributed by atoms with Gasteiger partial charge < -0.3 is 9.88 Å². The Bertz CT molecular complexity index is 278. The lowest BCUT2D eigenvalue weighted by molar-refractivity contribution is 0.434. The smallest absolute Gasteiger partial charge is 0.0946 e. The van der Waals surface area contributed by atoms with E-state index in [-0.39, 0.29) is 0 Å². The van der Waals surface area contributed by atoms with Crippen LogP contribution < -0.4 is 5.32 Å². The first kappa shape index (κ1) is 12.2. The molecule has 1 rings (SSSR count). The molecule has 0 bridgehead atoms. The van der Waals surface area contributed by atoms with Gasteiger partial charge in [0.1, 0.15) is 0 Å². The van der Waals surface area contributed by atoms with Crippen molar-refractivity contribution < 1.29 is 0 Å². The van der Waals surface area contributed by atoms with Gasteiger partial charge in [-0.3, -0.25) is 0 Å². The Labute approximate surface area is 92.9 Å². The SMILES string of the molecule is CCNC(CCC(C)C)c1cncn1C. The van der Waals surface area contributed by atoms with Crippen molar-refractivity contribution in [1.29, 1.82) is 0 Å². The highest BCUT2D eigenvalue weighted by molar-refractivity contribution is 5.04. The quantitative estimate of drug-likeness (QED) is 0.780. The Morgan fingerprint density at radius 3 is 2.60 bits per heavy atom. The Morgan fingerprint density at radius 1 is 1.40 bits per heavy atom. The molecule has 1 N–H and O–H groups in total. The van der Waals surface area contributed by atoms with Crippen molar-refractivity contribution in [3.63, 3.8) is 0 Å². The van der Waals surface area contributed by atoms with E-state index in [0.29, 0.717) is 6.04 Å². The molecule has 15 heavy (non-hydrogen) atoms. The number of aromatic nitrogens is 2. The van der Waals surface area contributed by atoms with Crippen molar-refractivity contribution in [2.45, 2.75) is 39.7 Å². The van der Waals surface area contributed by atoms with Gasteiger partial charge in [0.25, 0.3) is 0 Å². The van der Waals surface area contributed by atoms with Crippen molar-refractivity contribution in [2.75, 3.05) is 6.54 Å². The van der Waals surface area contributed by atoms with E-state index in [1.165, 1.54) is 18.5 Å². The molecule has 1 heterocycles. The third kappa shape index (κ3) is 3.67. The molecule has 0 radical (unpaired) electrons. The number of hydrogen-bond acceptors (Lipinski definition) is 2. The van der Waals surface area contributed by atoms with Crippen LogP contribution in [0.3, 0.4) is 0 Å². The molecule has 86 valence electrons. The van der Waals surface area contributed by atoms with Crippen molar-refractivity contribution in [3.8, 4) is 0 Å². The molecule has 3 nitrogen and oxygen atoms in total. The molecule has 0 saturated heterocycles. The normalized spacial score (nSPS) is 13.4. The summed E-state index contributed by atoms with van der Waals surface area (Å²) in [5.41, 5.74) is 1.29. The van der Waals surface area contributed by atoms with Crippen LogP contribution in [0.2, 0.25) is 0 Å². The average Bonchev–Trinajstić information content (AvgIpc) is 2.59. The molecule has 1 aromatic rings. The van der Waals surface area contributed by atoms with Crippen LogP contribution in [0.1, 0.15) is 45.3 Å². The van der Waals surface area contributed by atoms with E-state index in [9.17, 15) is 0 Å². The van der Waals surface area contributed by atoms with Crippen LogP contribution in [0.4, 0.5) is 0 Å². The van der Waals surface area contributed by atoms with Gasteiger partial charge >= 0.3 is 0 Å². The minimum Gasteiger partial charge on any atom is -0.336 e. The highest BCUT2D eigenvalue weighted by Crippen LogP contribution is 2.19. The second-order valence-corrected chi connectivity index (χ2v) is 4.51. The third-order valence-corrected chi connectivity index (χ3v) is 2.69. The van der Waals surface area contributed by atoms with Crippen molar-refractivity contribution >= 4 is 0 Å². The maximum Gasteiger partial charge on any atom is 0.0946 e. The van der Waals surface area contributed by atoms with Gasteiger partial charge in [-0.1, -0.05) is 20.8 Å². The first-order chi connectivity index (χ1) is 7.15. The first-order valence-corrected chi connectivity index (χ1v) is 5.84. The molecule has 0 aliphatic rings. The maximum absolute atomic E-state index is 4.17. The predicted molar refractivity (Wildman–Crippen MR) is 63.7 cm³/mol. The molecule has 0 aliphatic carbocycles. The van der Waals surface area contributed by atoms with Crippen LogP contribution in [0.15, 0.2) is 12.5 Å². The lowest BCUT2D eigenvalue weighted by Crippen LogP contribution is -2.23. The van der Waals surface area contributed by atoms with Gasteiger partial charge in [-0.2, -0.15) is 0 Å². The number of nitrogens with zero attached hydrogens (tertiary/aromatic N) is 2. The molecule has 0 amide bonds. The highest BCUT2D eigenvalue weighted by atomic mass is 15.1. The summed E-state index contributed by atoms with van der Waals surface area (Å²) in [6.07, 6.45) is 6.27. The zero-order valence-corrected chi connectivity index (χ0v) is 10.3. The molecule has 1 unspecified atom stereocenters. The zero-order valence-electron chi connectivity index (χ0n) is 10.3. The molecular formula is C12H23N3. The largest absolute Gasteiger partial charge is 0.336 e. The van der Waals surface area contributed by atoms with Gasteiger partial charge in [0, 0.05) is 19.3 Å². The van der Waals surface area contributed by atoms with E-state index in [2.05, 4.69) is 42.7 Å². The topological polar surface area (TPSA) is 29.9 Å². The molecule has 0 saturated carbocycles. The molecule has 0 aromatic carbocycles. The number of imidazole rings is 1. The summed E-state index contributed by atoms with van der Waals surface area (Å²) in [6, 6.07) is 0.449. The maximum atomic E-state index is 4.17. The van der Waals surface area contributed by atoms with Crippen LogP contribution in [0.5, 0.6) is 0 Å². The highest BCUT2D eigenvalue weighted by Gasteiger charge is 2.13. The molecule has 1 atom stereocenters. The third-order valence-electron chi connectivity index (χ3n) is 2.69. The van der Waals surface area contributed by atoms with Gasteiger partial charge in [-0.05, 0) is 25.3 Å². The second kappa shape index (κ2) is 5.91. The summed E-state index contributed by atoms with van der Waals surface area (Å²) >= 11 is 0.